The Morgan fingerprint density at radius 2 is 0.930 bits per heavy atom. The van der Waals surface area contributed by atoms with Crippen molar-refractivity contribution in [2.45, 2.75) is 226 Å². The number of thioether (sulfide) groups is 1. The number of allylic oxidation sites excluding steroid dienone is 3. The number of anilines is 1. The molecule has 322 valence electrons. The highest BCUT2D eigenvalue weighted by molar-refractivity contribution is 8.18. The fourth-order valence-electron chi connectivity index (χ4n) is 8.23. The highest BCUT2D eigenvalue weighted by atomic mass is 32.2. The Morgan fingerprint density at radius 3 is 1.28 bits per heavy atom. The lowest BCUT2D eigenvalue weighted by Crippen LogP contribution is -2.27. The molecule has 0 saturated heterocycles. The molecule has 0 fully saturated rings. The number of aromatic nitrogens is 2. The Morgan fingerprint density at radius 1 is 0.526 bits per heavy atom. The van der Waals surface area contributed by atoms with Crippen LogP contribution in [0.4, 0.5) is 5.82 Å². The summed E-state index contributed by atoms with van der Waals surface area (Å²) < 4.78 is 0. The molecule has 2 aliphatic rings. The predicted molar refractivity (Wildman–Crippen MR) is 250 cm³/mol. The van der Waals surface area contributed by atoms with Crippen molar-refractivity contribution in [3.63, 3.8) is 0 Å². The number of unbranched alkanes of at least 4 members (excludes halogenated alkanes) is 30. The van der Waals surface area contributed by atoms with E-state index in [1.165, 1.54) is 204 Å². The average molecular weight is 805 g/mol. The van der Waals surface area contributed by atoms with Gasteiger partial charge in [-0.3, -0.25) is 14.8 Å². The topological polar surface area (TPSA) is 78.7 Å². The second-order valence-corrected chi connectivity index (χ2v) is 18.0. The second kappa shape index (κ2) is 32.4. The van der Waals surface area contributed by atoms with Gasteiger partial charge in [-0.05, 0) is 31.9 Å². The van der Waals surface area contributed by atoms with Crippen LogP contribution in [0, 0.1) is 0 Å². The molecule has 1 aliphatic carbocycles. The minimum Gasteiger partial charge on any atom is -0.506 e. The van der Waals surface area contributed by atoms with Crippen molar-refractivity contribution in [2.24, 2.45) is 4.99 Å². The van der Waals surface area contributed by atoms with Gasteiger partial charge in [0, 0.05) is 24.5 Å². The third-order valence-electron chi connectivity index (χ3n) is 11.9. The number of carbonyl (C=O) groups is 1. The summed E-state index contributed by atoms with van der Waals surface area (Å²) >= 11 is 1.43. The van der Waals surface area contributed by atoms with Gasteiger partial charge in [0.2, 0.25) is 5.78 Å². The molecular weight excluding hydrogens is 721 g/mol. The van der Waals surface area contributed by atoms with E-state index in [0.29, 0.717) is 17.8 Å². The van der Waals surface area contributed by atoms with Gasteiger partial charge in [-0.1, -0.05) is 218 Å². The quantitative estimate of drug-likeness (QED) is 0.0533. The van der Waals surface area contributed by atoms with Crippen molar-refractivity contribution in [1.29, 1.82) is 0 Å². The summed E-state index contributed by atoms with van der Waals surface area (Å²) in [5.74, 6) is 0.726. The van der Waals surface area contributed by atoms with Crippen LogP contribution in [0.1, 0.15) is 232 Å². The minimum absolute atomic E-state index is 0.0186. The average Bonchev–Trinajstić information content (AvgIpc) is 3.67. The van der Waals surface area contributed by atoms with Crippen molar-refractivity contribution < 1.29 is 9.90 Å². The standard InChI is InChI=1S/C50H84N4O2S/c1-4-7-9-11-13-15-17-19-21-23-25-27-29-31-33-35-39-54(40-36-34-32-30-28-26-24-22-20-18-16-14-12-10-8-5-2)45-42-52-43(41-53-45)47-49(55)48(50(47)56)44-37-38-46(57-44)51-6-3/h37-38,41-42,55H,4-36,39-40H2,1-3H3. The molecule has 0 atom stereocenters. The van der Waals surface area contributed by atoms with E-state index in [2.05, 4.69) is 28.7 Å². The van der Waals surface area contributed by atoms with Gasteiger partial charge in [0.15, 0.2) is 0 Å². The molecule has 1 aliphatic heterocycles. The second-order valence-electron chi connectivity index (χ2n) is 16.9. The summed E-state index contributed by atoms with van der Waals surface area (Å²) in [7, 11) is 0. The number of hydrogen-bond acceptors (Lipinski definition) is 7. The van der Waals surface area contributed by atoms with Crippen LogP contribution >= 0.6 is 11.8 Å². The number of aliphatic hydroxyl groups excluding tert-OH is 1. The SMILES string of the molecule is CCCCCCCCCCCCCCCCCCN(CCCCCCCCCCCCCCCCCC)c1cnc(C2=C(O)C(=C3C=CC(=NCC)S3)C2=O)cn1. The minimum atomic E-state index is -0.169. The molecular formula is C50H84N4O2S. The first-order valence-electron chi connectivity index (χ1n) is 24.3. The Hall–Kier alpha value is -2.41. The predicted octanol–water partition coefficient (Wildman–Crippen LogP) is 15.6. The van der Waals surface area contributed by atoms with Crippen molar-refractivity contribution in [3.8, 4) is 0 Å². The molecule has 1 aromatic rings. The molecule has 7 heteroatoms. The van der Waals surface area contributed by atoms with E-state index in [1.54, 1.807) is 6.20 Å². The van der Waals surface area contributed by atoms with Crippen LogP contribution in [0.3, 0.4) is 0 Å². The maximum Gasteiger partial charge on any atom is 0.203 e. The fraction of sp³-hybridized carbons (Fsp3) is 0.760. The van der Waals surface area contributed by atoms with Crippen LogP contribution in [-0.2, 0) is 4.79 Å². The van der Waals surface area contributed by atoms with Crippen molar-refractivity contribution in [3.05, 3.63) is 46.5 Å². The summed E-state index contributed by atoms with van der Waals surface area (Å²) in [5, 5.41) is 11.8. The van der Waals surface area contributed by atoms with Crippen LogP contribution in [0.25, 0.3) is 5.57 Å². The Kier molecular flexibility index (Phi) is 27.9. The Labute approximate surface area is 354 Å². The van der Waals surface area contributed by atoms with Crippen LogP contribution in [0.2, 0.25) is 0 Å². The number of carbonyl (C=O) groups excluding carboxylic acids is 1. The molecule has 57 heavy (non-hydrogen) atoms. The summed E-state index contributed by atoms with van der Waals surface area (Å²) in [5.41, 5.74) is 1.09. The zero-order valence-corrected chi connectivity index (χ0v) is 37.9. The number of Topliss-reactive ketones (excluding diaryl/α,β-unsaturated/α-hetero) is 1. The highest BCUT2D eigenvalue weighted by Crippen LogP contribution is 2.42. The van der Waals surface area contributed by atoms with E-state index in [-0.39, 0.29) is 17.1 Å². The van der Waals surface area contributed by atoms with Crippen molar-refractivity contribution in [2.75, 3.05) is 24.5 Å². The number of aliphatic imine (C=N–C) groups is 1. The van der Waals surface area contributed by atoms with Gasteiger partial charge in [0.05, 0.1) is 34.3 Å². The maximum atomic E-state index is 13.2. The van der Waals surface area contributed by atoms with E-state index in [1.807, 2.05) is 25.3 Å². The van der Waals surface area contributed by atoms with Gasteiger partial charge < -0.3 is 10.0 Å². The molecule has 1 aromatic heterocycles. The Balaban J connectivity index is 1.37. The smallest absolute Gasteiger partial charge is 0.203 e. The molecule has 0 saturated carbocycles. The lowest BCUT2D eigenvalue weighted by Gasteiger charge is -2.25. The molecule has 6 nitrogen and oxygen atoms in total. The Bertz CT molecular complexity index is 1300. The molecule has 1 N–H and O–H groups in total. The third-order valence-corrected chi connectivity index (χ3v) is 12.9. The summed E-state index contributed by atoms with van der Waals surface area (Å²) in [6.07, 6.45) is 51.2. The summed E-state index contributed by atoms with van der Waals surface area (Å²) in [4.78, 5) is 30.2. The van der Waals surface area contributed by atoms with Gasteiger partial charge in [-0.25, -0.2) is 4.98 Å². The lowest BCUT2D eigenvalue weighted by atomic mass is 9.85. The number of aliphatic hydroxyl groups is 1. The van der Waals surface area contributed by atoms with E-state index >= 15 is 0 Å². The van der Waals surface area contributed by atoms with Crippen LogP contribution in [0.15, 0.2) is 45.8 Å². The van der Waals surface area contributed by atoms with Crippen molar-refractivity contribution >= 4 is 34.0 Å². The largest absolute Gasteiger partial charge is 0.506 e. The number of nitrogens with zero attached hydrogens (tertiary/aromatic N) is 4. The summed E-state index contributed by atoms with van der Waals surface area (Å²) in [6, 6.07) is 0. The molecule has 0 amide bonds. The fourth-order valence-corrected chi connectivity index (χ4v) is 9.21. The van der Waals surface area contributed by atoms with E-state index in [4.69, 9.17) is 4.98 Å². The zero-order valence-electron chi connectivity index (χ0n) is 37.1. The molecule has 0 aromatic carbocycles. The number of rotatable bonds is 37. The molecule has 0 radical (unpaired) electrons. The molecule has 3 rings (SSSR count). The first kappa shape index (κ1) is 49.0. The molecule has 2 heterocycles. The molecule has 0 unspecified atom stereocenters. The molecule has 0 spiro atoms. The normalized spacial score (nSPS) is 16.1. The maximum absolute atomic E-state index is 13.2. The van der Waals surface area contributed by atoms with E-state index in [0.717, 1.165) is 41.7 Å². The van der Waals surface area contributed by atoms with Gasteiger partial charge in [-0.2, -0.15) is 0 Å². The zero-order chi connectivity index (χ0) is 40.6. The van der Waals surface area contributed by atoms with Gasteiger partial charge in [0.1, 0.15) is 11.6 Å². The highest BCUT2D eigenvalue weighted by Gasteiger charge is 2.39. The first-order chi connectivity index (χ1) is 28.1. The van der Waals surface area contributed by atoms with E-state index in [9.17, 15) is 9.90 Å². The molecule has 0 bridgehead atoms. The van der Waals surface area contributed by atoms with Crippen LogP contribution < -0.4 is 4.90 Å². The number of ketones is 1. The van der Waals surface area contributed by atoms with Crippen LogP contribution in [0.5, 0.6) is 0 Å². The van der Waals surface area contributed by atoms with Gasteiger partial charge >= 0.3 is 0 Å². The first-order valence-corrected chi connectivity index (χ1v) is 25.1. The van der Waals surface area contributed by atoms with Gasteiger partial charge in [-0.15, -0.1) is 0 Å². The lowest BCUT2D eigenvalue weighted by molar-refractivity contribution is -0.111. The number of hydrogen-bond donors (Lipinski definition) is 1. The van der Waals surface area contributed by atoms with Crippen LogP contribution in [-0.4, -0.2) is 45.5 Å². The van der Waals surface area contributed by atoms with Crippen molar-refractivity contribution in [1.82, 2.24) is 9.97 Å². The van der Waals surface area contributed by atoms with E-state index < -0.39 is 0 Å². The third kappa shape index (κ3) is 20.4. The summed E-state index contributed by atoms with van der Waals surface area (Å²) in [6.45, 7) is 9.24. The monoisotopic (exact) mass is 805 g/mol. The van der Waals surface area contributed by atoms with Gasteiger partial charge in [0.25, 0.3) is 0 Å².